The molecule has 22 heavy (non-hydrogen) atoms. The molecule has 0 spiro atoms. The summed E-state index contributed by atoms with van der Waals surface area (Å²) >= 11 is 0. The van der Waals surface area contributed by atoms with Crippen molar-refractivity contribution in [2.75, 3.05) is 12.4 Å². The molecule has 0 aliphatic carbocycles. The molecule has 7 heteroatoms. The second kappa shape index (κ2) is 5.93. The fourth-order valence-corrected chi connectivity index (χ4v) is 2.04. The molecule has 2 rings (SSSR count). The van der Waals surface area contributed by atoms with Crippen LogP contribution in [0.25, 0.3) is 5.52 Å². The number of carbonyl (C=O) groups excluding carboxylic acids is 1. The Balaban J connectivity index is 2.40. The Morgan fingerprint density at radius 3 is 2.82 bits per heavy atom. The van der Waals surface area contributed by atoms with Crippen LogP contribution in [-0.4, -0.2) is 28.4 Å². The van der Waals surface area contributed by atoms with E-state index in [0.29, 0.717) is 17.0 Å². The first-order chi connectivity index (χ1) is 10.4. The summed E-state index contributed by atoms with van der Waals surface area (Å²) in [7, 11) is 1.50. The summed E-state index contributed by atoms with van der Waals surface area (Å²) in [5.74, 6) is 0.441. The standard InChI is InChI=1S/C15H18N4O3/c1-15(2,3)22-14(20)18-11-6-8-19-12(13(11)21-4)10(5-7-16)9-17-19/h6,8-9H,5H2,1-4H3,(H,18,20). The molecule has 0 radical (unpaired) electrons. The number of nitriles is 1. The highest BCUT2D eigenvalue weighted by molar-refractivity contribution is 5.90. The summed E-state index contributed by atoms with van der Waals surface area (Å²) in [6, 6.07) is 3.75. The number of nitrogens with one attached hydrogen (secondary N) is 1. The van der Waals surface area contributed by atoms with Gasteiger partial charge in [0.25, 0.3) is 0 Å². The van der Waals surface area contributed by atoms with Gasteiger partial charge in [0.2, 0.25) is 0 Å². The number of amides is 1. The first-order valence-electron chi connectivity index (χ1n) is 6.76. The molecule has 0 bridgehead atoms. The van der Waals surface area contributed by atoms with E-state index < -0.39 is 11.7 Å². The van der Waals surface area contributed by atoms with E-state index in [1.807, 2.05) is 0 Å². The molecule has 2 aromatic heterocycles. The SMILES string of the molecule is COc1c(NC(=O)OC(C)(C)C)ccn2ncc(CC#N)c12. The van der Waals surface area contributed by atoms with Crippen LogP contribution in [0.1, 0.15) is 26.3 Å². The number of fused-ring (bicyclic) bond motifs is 1. The molecule has 7 nitrogen and oxygen atoms in total. The monoisotopic (exact) mass is 302 g/mol. The molecule has 0 aromatic carbocycles. The van der Waals surface area contributed by atoms with Gasteiger partial charge in [-0.05, 0) is 26.8 Å². The van der Waals surface area contributed by atoms with Crippen LogP contribution < -0.4 is 10.1 Å². The van der Waals surface area contributed by atoms with Crippen LogP contribution in [0, 0.1) is 11.3 Å². The number of anilines is 1. The lowest BCUT2D eigenvalue weighted by Crippen LogP contribution is -2.27. The Hall–Kier alpha value is -2.75. The average Bonchev–Trinajstić information content (AvgIpc) is 2.80. The van der Waals surface area contributed by atoms with Crippen molar-refractivity contribution in [1.82, 2.24) is 9.61 Å². The molecule has 1 amide bonds. The van der Waals surface area contributed by atoms with Crippen LogP contribution in [-0.2, 0) is 11.2 Å². The number of rotatable bonds is 3. The Bertz CT molecular complexity index is 738. The van der Waals surface area contributed by atoms with Gasteiger partial charge in [-0.3, -0.25) is 5.32 Å². The number of pyridine rings is 1. The molecule has 0 aliphatic rings. The van der Waals surface area contributed by atoms with Gasteiger partial charge in [-0.1, -0.05) is 0 Å². The molecule has 0 saturated heterocycles. The van der Waals surface area contributed by atoms with E-state index in [2.05, 4.69) is 16.5 Å². The fraction of sp³-hybridized carbons (Fsp3) is 0.400. The number of hydrogen-bond acceptors (Lipinski definition) is 5. The summed E-state index contributed by atoms with van der Waals surface area (Å²) in [4.78, 5) is 11.9. The Morgan fingerprint density at radius 1 is 1.50 bits per heavy atom. The highest BCUT2D eigenvalue weighted by Gasteiger charge is 2.19. The van der Waals surface area contributed by atoms with Gasteiger partial charge in [0.05, 0.1) is 31.5 Å². The maximum absolute atomic E-state index is 11.9. The summed E-state index contributed by atoms with van der Waals surface area (Å²) in [5, 5.41) is 15.7. The van der Waals surface area contributed by atoms with Crippen molar-refractivity contribution in [2.45, 2.75) is 32.8 Å². The van der Waals surface area contributed by atoms with Gasteiger partial charge in [-0.15, -0.1) is 0 Å². The molecule has 116 valence electrons. The van der Waals surface area contributed by atoms with Crippen molar-refractivity contribution in [1.29, 1.82) is 5.26 Å². The smallest absolute Gasteiger partial charge is 0.412 e. The number of nitrogens with zero attached hydrogens (tertiary/aromatic N) is 3. The third-order valence-electron chi connectivity index (χ3n) is 2.82. The molecule has 0 atom stereocenters. The molecule has 0 aliphatic heterocycles. The number of ether oxygens (including phenoxy) is 2. The van der Waals surface area contributed by atoms with Crippen LogP contribution in [0.15, 0.2) is 18.5 Å². The third-order valence-corrected chi connectivity index (χ3v) is 2.82. The lowest BCUT2D eigenvalue weighted by Gasteiger charge is -2.20. The molecule has 0 unspecified atom stereocenters. The summed E-state index contributed by atoms with van der Waals surface area (Å²) < 4.78 is 12.2. The number of aromatic nitrogens is 2. The minimum Gasteiger partial charge on any atom is -0.492 e. The maximum atomic E-state index is 11.9. The Kier molecular flexibility index (Phi) is 4.22. The minimum absolute atomic E-state index is 0.204. The number of hydrogen-bond donors (Lipinski definition) is 1. The van der Waals surface area contributed by atoms with Gasteiger partial charge in [0.1, 0.15) is 11.1 Å². The van der Waals surface area contributed by atoms with Gasteiger partial charge in [0, 0.05) is 11.8 Å². The van der Waals surface area contributed by atoms with Crippen molar-refractivity contribution in [3.05, 3.63) is 24.0 Å². The second-order valence-electron chi connectivity index (χ2n) is 5.69. The summed E-state index contributed by atoms with van der Waals surface area (Å²) in [6.45, 7) is 5.36. The molecular formula is C15H18N4O3. The molecule has 1 N–H and O–H groups in total. The predicted octanol–water partition coefficient (Wildman–Crippen LogP) is 2.76. The van der Waals surface area contributed by atoms with Gasteiger partial charge >= 0.3 is 6.09 Å². The zero-order chi connectivity index (χ0) is 16.3. The van der Waals surface area contributed by atoms with Crippen LogP contribution >= 0.6 is 0 Å². The highest BCUT2D eigenvalue weighted by atomic mass is 16.6. The van der Waals surface area contributed by atoms with Crippen molar-refractivity contribution in [2.24, 2.45) is 0 Å². The molecule has 0 fully saturated rings. The summed E-state index contributed by atoms with van der Waals surface area (Å²) in [5.41, 5.74) is 1.25. The zero-order valence-corrected chi connectivity index (χ0v) is 13.0. The van der Waals surface area contributed by atoms with Crippen molar-refractivity contribution in [3.8, 4) is 11.8 Å². The first kappa shape index (κ1) is 15.6. The lowest BCUT2D eigenvalue weighted by atomic mass is 10.2. The highest BCUT2D eigenvalue weighted by Crippen LogP contribution is 2.32. The summed E-state index contributed by atoms with van der Waals surface area (Å²) in [6.07, 6.45) is 2.93. The number of methoxy groups -OCH3 is 1. The molecule has 0 saturated carbocycles. The molecule has 2 heterocycles. The van der Waals surface area contributed by atoms with Gasteiger partial charge in [-0.25, -0.2) is 9.31 Å². The van der Waals surface area contributed by atoms with E-state index in [1.54, 1.807) is 43.7 Å². The van der Waals surface area contributed by atoms with Crippen LogP contribution in [0.2, 0.25) is 0 Å². The van der Waals surface area contributed by atoms with E-state index in [1.165, 1.54) is 7.11 Å². The van der Waals surface area contributed by atoms with E-state index >= 15 is 0 Å². The number of carbonyl (C=O) groups is 1. The molecule has 2 aromatic rings. The predicted molar refractivity (Wildman–Crippen MR) is 80.9 cm³/mol. The second-order valence-corrected chi connectivity index (χ2v) is 5.69. The van der Waals surface area contributed by atoms with Crippen molar-refractivity contribution < 1.29 is 14.3 Å². The van der Waals surface area contributed by atoms with E-state index in [0.717, 1.165) is 5.56 Å². The van der Waals surface area contributed by atoms with Crippen molar-refractivity contribution in [3.63, 3.8) is 0 Å². The van der Waals surface area contributed by atoms with Crippen LogP contribution in [0.5, 0.6) is 5.75 Å². The third kappa shape index (κ3) is 3.28. The average molecular weight is 302 g/mol. The van der Waals surface area contributed by atoms with Crippen molar-refractivity contribution >= 4 is 17.3 Å². The van der Waals surface area contributed by atoms with Gasteiger partial charge < -0.3 is 9.47 Å². The Labute approximate surface area is 128 Å². The quantitative estimate of drug-likeness (QED) is 0.941. The minimum atomic E-state index is -0.593. The fourth-order valence-electron chi connectivity index (χ4n) is 2.04. The largest absolute Gasteiger partial charge is 0.492 e. The van der Waals surface area contributed by atoms with Gasteiger partial charge in [0.15, 0.2) is 5.75 Å². The first-order valence-corrected chi connectivity index (χ1v) is 6.76. The topological polar surface area (TPSA) is 88.7 Å². The van der Waals surface area contributed by atoms with Gasteiger partial charge in [-0.2, -0.15) is 10.4 Å². The van der Waals surface area contributed by atoms with Crippen LogP contribution in [0.3, 0.4) is 0 Å². The Morgan fingerprint density at radius 2 is 2.23 bits per heavy atom. The molecular weight excluding hydrogens is 284 g/mol. The maximum Gasteiger partial charge on any atom is 0.412 e. The van der Waals surface area contributed by atoms with Crippen LogP contribution in [0.4, 0.5) is 10.5 Å². The van der Waals surface area contributed by atoms with E-state index in [-0.39, 0.29) is 6.42 Å². The lowest BCUT2D eigenvalue weighted by molar-refractivity contribution is 0.0635. The normalized spacial score (nSPS) is 11.0. The van der Waals surface area contributed by atoms with E-state index in [9.17, 15) is 4.79 Å². The zero-order valence-electron chi connectivity index (χ0n) is 13.0. The van der Waals surface area contributed by atoms with E-state index in [4.69, 9.17) is 14.7 Å².